The van der Waals surface area contributed by atoms with Gasteiger partial charge >= 0.3 is 0 Å². The molecule has 3 heteroatoms. The maximum Gasteiger partial charge on any atom is 0.227 e. The molecular weight excluding hydrogens is 294 g/mol. The van der Waals surface area contributed by atoms with Crippen molar-refractivity contribution < 1.29 is 4.79 Å². The summed E-state index contributed by atoms with van der Waals surface area (Å²) in [7, 11) is 0. The third-order valence-corrected chi connectivity index (χ3v) is 4.44. The van der Waals surface area contributed by atoms with Crippen LogP contribution < -0.4 is 4.90 Å². The summed E-state index contributed by atoms with van der Waals surface area (Å²) in [6.45, 7) is 4.14. The minimum atomic E-state index is 0.0970. The average molecular weight is 314 g/mol. The second-order valence-corrected chi connectivity index (χ2v) is 6.51. The topological polar surface area (TPSA) is 20.3 Å². The lowest BCUT2D eigenvalue weighted by Gasteiger charge is -2.36. The number of anilines is 1. The normalized spacial score (nSPS) is 18.6. The summed E-state index contributed by atoms with van der Waals surface area (Å²) in [6.07, 6.45) is 2.55. The van der Waals surface area contributed by atoms with E-state index in [1.807, 2.05) is 29.2 Å². The minimum absolute atomic E-state index is 0.0970. The number of rotatable bonds is 2. The average Bonchev–Trinajstić information content (AvgIpc) is 2.46. The van der Waals surface area contributed by atoms with Crippen LogP contribution in [0.1, 0.15) is 42.0 Å². The van der Waals surface area contributed by atoms with Gasteiger partial charge in [-0.2, -0.15) is 0 Å². The zero-order valence-electron chi connectivity index (χ0n) is 13.0. The van der Waals surface area contributed by atoms with Gasteiger partial charge in [0.1, 0.15) is 0 Å². The SMILES string of the molecule is Cc1cc(C)cc(N2C(=O)CCCC2c2ccc(Cl)cc2)c1. The van der Waals surface area contributed by atoms with Crippen molar-refractivity contribution in [2.75, 3.05) is 4.90 Å². The second-order valence-electron chi connectivity index (χ2n) is 6.07. The van der Waals surface area contributed by atoms with Gasteiger partial charge in [-0.15, -0.1) is 0 Å². The molecule has 2 aromatic rings. The lowest BCUT2D eigenvalue weighted by atomic mass is 9.93. The highest BCUT2D eigenvalue weighted by Crippen LogP contribution is 2.36. The fraction of sp³-hybridized carbons (Fsp3) is 0.316. The van der Waals surface area contributed by atoms with Crippen molar-refractivity contribution in [3.8, 4) is 0 Å². The Morgan fingerprint density at radius 2 is 1.68 bits per heavy atom. The van der Waals surface area contributed by atoms with Gasteiger partial charge in [0, 0.05) is 17.1 Å². The monoisotopic (exact) mass is 313 g/mol. The Morgan fingerprint density at radius 3 is 2.32 bits per heavy atom. The molecule has 0 bridgehead atoms. The van der Waals surface area contributed by atoms with Crippen LogP contribution in [-0.2, 0) is 4.79 Å². The quantitative estimate of drug-likeness (QED) is 0.744. The summed E-state index contributed by atoms with van der Waals surface area (Å²) in [5, 5.41) is 0.726. The Balaban J connectivity index is 2.03. The highest BCUT2D eigenvalue weighted by Gasteiger charge is 2.30. The molecule has 2 nitrogen and oxygen atoms in total. The largest absolute Gasteiger partial charge is 0.305 e. The van der Waals surface area contributed by atoms with Gasteiger partial charge in [-0.25, -0.2) is 0 Å². The third kappa shape index (κ3) is 3.02. The summed E-state index contributed by atoms with van der Waals surface area (Å²) in [5.41, 5.74) is 4.52. The molecular formula is C19H20ClNO. The van der Waals surface area contributed by atoms with Gasteiger partial charge in [0.2, 0.25) is 5.91 Å². The Labute approximate surface area is 136 Å². The second kappa shape index (κ2) is 6.13. The maximum atomic E-state index is 12.6. The summed E-state index contributed by atoms with van der Waals surface area (Å²) >= 11 is 5.99. The predicted octanol–water partition coefficient (Wildman–Crippen LogP) is 5.22. The first kappa shape index (κ1) is 15.1. The van der Waals surface area contributed by atoms with Gasteiger partial charge in [-0.05, 0) is 67.6 Å². The predicted molar refractivity (Wildman–Crippen MR) is 91.4 cm³/mol. The van der Waals surface area contributed by atoms with Crippen molar-refractivity contribution in [2.45, 2.75) is 39.2 Å². The number of carbonyl (C=O) groups excluding carboxylic acids is 1. The molecule has 0 radical (unpaired) electrons. The Morgan fingerprint density at radius 1 is 1.05 bits per heavy atom. The fourth-order valence-electron chi connectivity index (χ4n) is 3.28. The number of carbonyl (C=O) groups is 1. The lowest BCUT2D eigenvalue weighted by Crippen LogP contribution is -2.38. The van der Waals surface area contributed by atoms with Crippen LogP contribution in [0.4, 0.5) is 5.69 Å². The molecule has 0 aromatic heterocycles. The van der Waals surface area contributed by atoms with E-state index >= 15 is 0 Å². The molecule has 0 aliphatic carbocycles. The van der Waals surface area contributed by atoms with Crippen molar-refractivity contribution in [1.29, 1.82) is 0 Å². The zero-order chi connectivity index (χ0) is 15.7. The highest BCUT2D eigenvalue weighted by atomic mass is 35.5. The van der Waals surface area contributed by atoms with Crippen LogP contribution in [-0.4, -0.2) is 5.91 Å². The first-order valence-corrected chi connectivity index (χ1v) is 8.08. The standard InChI is InChI=1S/C19H20ClNO/c1-13-10-14(2)12-17(11-13)21-18(4-3-5-19(21)22)15-6-8-16(20)9-7-15/h6-12,18H,3-5H2,1-2H3. The number of hydrogen-bond donors (Lipinski definition) is 0. The molecule has 1 unspecified atom stereocenters. The van der Waals surface area contributed by atoms with Crippen LogP contribution in [0, 0.1) is 13.8 Å². The van der Waals surface area contributed by atoms with E-state index in [4.69, 9.17) is 11.6 Å². The fourth-order valence-corrected chi connectivity index (χ4v) is 3.41. The van der Waals surface area contributed by atoms with E-state index in [0.29, 0.717) is 6.42 Å². The van der Waals surface area contributed by atoms with E-state index in [9.17, 15) is 4.79 Å². The molecule has 1 amide bonds. The third-order valence-electron chi connectivity index (χ3n) is 4.19. The Kier molecular flexibility index (Phi) is 4.21. The van der Waals surface area contributed by atoms with Gasteiger partial charge in [0.05, 0.1) is 6.04 Å². The lowest BCUT2D eigenvalue weighted by molar-refractivity contribution is -0.120. The van der Waals surface area contributed by atoms with Crippen LogP contribution in [0.3, 0.4) is 0 Å². The van der Waals surface area contributed by atoms with Crippen molar-refractivity contribution in [3.05, 3.63) is 64.2 Å². The summed E-state index contributed by atoms with van der Waals surface area (Å²) < 4.78 is 0. The van der Waals surface area contributed by atoms with Gasteiger partial charge in [-0.1, -0.05) is 29.8 Å². The van der Waals surface area contributed by atoms with E-state index in [-0.39, 0.29) is 11.9 Å². The van der Waals surface area contributed by atoms with Crippen molar-refractivity contribution in [3.63, 3.8) is 0 Å². The first-order chi connectivity index (χ1) is 10.5. The molecule has 114 valence electrons. The molecule has 0 saturated carbocycles. The van der Waals surface area contributed by atoms with E-state index < -0.39 is 0 Å². The Bertz CT molecular complexity index is 673. The van der Waals surface area contributed by atoms with Crippen LogP contribution in [0.2, 0.25) is 5.02 Å². The van der Waals surface area contributed by atoms with E-state index in [1.54, 1.807) is 0 Å². The van der Waals surface area contributed by atoms with E-state index in [2.05, 4.69) is 32.0 Å². The number of hydrogen-bond acceptors (Lipinski definition) is 1. The highest BCUT2D eigenvalue weighted by molar-refractivity contribution is 6.30. The molecule has 3 rings (SSSR count). The first-order valence-electron chi connectivity index (χ1n) is 7.70. The number of benzene rings is 2. The number of halogens is 1. The van der Waals surface area contributed by atoms with Gasteiger partial charge in [-0.3, -0.25) is 4.79 Å². The summed E-state index contributed by atoms with van der Waals surface area (Å²) in [4.78, 5) is 14.5. The van der Waals surface area contributed by atoms with Crippen molar-refractivity contribution in [1.82, 2.24) is 0 Å². The van der Waals surface area contributed by atoms with Crippen LogP contribution >= 0.6 is 11.6 Å². The molecule has 0 spiro atoms. The van der Waals surface area contributed by atoms with Gasteiger partial charge < -0.3 is 4.90 Å². The molecule has 1 fully saturated rings. The Hall–Kier alpha value is -1.80. The van der Waals surface area contributed by atoms with Crippen LogP contribution in [0.25, 0.3) is 0 Å². The van der Waals surface area contributed by atoms with Crippen molar-refractivity contribution >= 4 is 23.2 Å². The minimum Gasteiger partial charge on any atom is -0.305 e. The number of aryl methyl sites for hydroxylation is 2. The molecule has 2 aromatic carbocycles. The molecule has 1 heterocycles. The molecule has 22 heavy (non-hydrogen) atoms. The number of amides is 1. The molecule has 1 atom stereocenters. The van der Waals surface area contributed by atoms with Gasteiger partial charge in [0.25, 0.3) is 0 Å². The van der Waals surface area contributed by atoms with E-state index in [1.165, 1.54) is 11.1 Å². The summed E-state index contributed by atoms with van der Waals surface area (Å²) in [5.74, 6) is 0.205. The van der Waals surface area contributed by atoms with Crippen LogP contribution in [0.5, 0.6) is 0 Å². The van der Waals surface area contributed by atoms with Gasteiger partial charge in [0.15, 0.2) is 0 Å². The van der Waals surface area contributed by atoms with Crippen molar-refractivity contribution in [2.24, 2.45) is 0 Å². The molecule has 0 N–H and O–H groups in total. The smallest absolute Gasteiger partial charge is 0.227 e. The van der Waals surface area contributed by atoms with E-state index in [0.717, 1.165) is 29.1 Å². The zero-order valence-corrected chi connectivity index (χ0v) is 13.7. The number of nitrogens with zero attached hydrogens (tertiary/aromatic N) is 1. The van der Waals surface area contributed by atoms with Crippen LogP contribution in [0.15, 0.2) is 42.5 Å². The number of piperidine rings is 1. The molecule has 1 aliphatic rings. The molecule has 1 aliphatic heterocycles. The summed E-state index contributed by atoms with van der Waals surface area (Å²) in [6, 6.07) is 14.3. The maximum absolute atomic E-state index is 12.6. The molecule has 1 saturated heterocycles.